The van der Waals surface area contributed by atoms with Crippen molar-refractivity contribution in [1.29, 1.82) is 0 Å². The van der Waals surface area contributed by atoms with Gasteiger partial charge >= 0.3 is 0 Å². The SMILES string of the molecule is CCCNCC(Oc1cc(Br)ccc1Cl)c1ccccc1. The van der Waals surface area contributed by atoms with Gasteiger partial charge in [-0.1, -0.05) is 64.8 Å². The molecule has 0 saturated heterocycles. The maximum absolute atomic E-state index is 6.22. The molecule has 2 aromatic rings. The summed E-state index contributed by atoms with van der Waals surface area (Å²) in [5.41, 5.74) is 1.14. The highest BCUT2D eigenvalue weighted by Gasteiger charge is 2.14. The Morgan fingerprint density at radius 2 is 1.95 bits per heavy atom. The molecule has 0 aliphatic carbocycles. The second kappa shape index (κ2) is 8.42. The minimum atomic E-state index is -0.0652. The van der Waals surface area contributed by atoms with Crippen LogP contribution in [-0.4, -0.2) is 13.1 Å². The van der Waals surface area contributed by atoms with E-state index >= 15 is 0 Å². The van der Waals surface area contributed by atoms with Gasteiger partial charge in [0.25, 0.3) is 0 Å². The minimum Gasteiger partial charge on any atom is -0.483 e. The number of hydrogen-bond acceptors (Lipinski definition) is 2. The van der Waals surface area contributed by atoms with E-state index in [0.29, 0.717) is 10.8 Å². The summed E-state index contributed by atoms with van der Waals surface area (Å²) in [5.74, 6) is 0.693. The van der Waals surface area contributed by atoms with E-state index in [1.54, 1.807) is 0 Å². The average Bonchev–Trinajstić information content (AvgIpc) is 2.51. The van der Waals surface area contributed by atoms with Gasteiger partial charge in [-0.15, -0.1) is 0 Å². The zero-order valence-corrected chi connectivity index (χ0v) is 14.3. The van der Waals surface area contributed by atoms with E-state index in [0.717, 1.165) is 29.5 Å². The quantitative estimate of drug-likeness (QED) is 0.676. The summed E-state index contributed by atoms with van der Waals surface area (Å²) in [7, 11) is 0. The Morgan fingerprint density at radius 3 is 2.67 bits per heavy atom. The lowest BCUT2D eigenvalue weighted by atomic mass is 10.1. The maximum Gasteiger partial charge on any atom is 0.140 e. The van der Waals surface area contributed by atoms with E-state index in [1.807, 2.05) is 36.4 Å². The van der Waals surface area contributed by atoms with Crippen LogP contribution in [-0.2, 0) is 0 Å². The van der Waals surface area contributed by atoms with E-state index in [1.165, 1.54) is 0 Å². The molecule has 0 aliphatic rings. The molecular weight excluding hydrogens is 350 g/mol. The van der Waals surface area contributed by atoms with Crippen LogP contribution in [0.4, 0.5) is 0 Å². The van der Waals surface area contributed by atoms with Gasteiger partial charge < -0.3 is 10.1 Å². The second-order valence-corrected chi connectivity index (χ2v) is 6.12. The molecule has 0 aromatic heterocycles. The summed E-state index contributed by atoms with van der Waals surface area (Å²) >= 11 is 9.67. The highest BCUT2D eigenvalue weighted by molar-refractivity contribution is 9.10. The lowest BCUT2D eigenvalue weighted by molar-refractivity contribution is 0.202. The van der Waals surface area contributed by atoms with Crippen LogP contribution < -0.4 is 10.1 Å². The fourth-order valence-corrected chi connectivity index (χ4v) is 2.53. The first-order valence-corrected chi connectivity index (χ1v) is 8.25. The Kier molecular flexibility index (Phi) is 6.55. The van der Waals surface area contributed by atoms with Crippen LogP contribution in [0.2, 0.25) is 5.02 Å². The topological polar surface area (TPSA) is 21.3 Å². The molecule has 0 saturated carbocycles. The standard InChI is InChI=1S/C17H19BrClNO/c1-2-10-20-12-17(13-6-4-3-5-7-13)21-16-11-14(18)8-9-15(16)19/h3-9,11,17,20H,2,10,12H2,1H3. The molecule has 0 aliphatic heterocycles. The van der Waals surface area contributed by atoms with E-state index in [-0.39, 0.29) is 6.10 Å². The highest BCUT2D eigenvalue weighted by atomic mass is 79.9. The third kappa shape index (κ3) is 5.03. The van der Waals surface area contributed by atoms with E-state index in [2.05, 4.69) is 40.3 Å². The Hall–Kier alpha value is -1.03. The fourth-order valence-electron chi connectivity index (χ4n) is 2.03. The van der Waals surface area contributed by atoms with E-state index in [9.17, 15) is 0 Å². The van der Waals surface area contributed by atoms with E-state index < -0.39 is 0 Å². The Balaban J connectivity index is 2.17. The number of halogens is 2. The molecule has 0 heterocycles. The molecule has 112 valence electrons. The van der Waals surface area contributed by atoms with Crippen LogP contribution in [0.25, 0.3) is 0 Å². The zero-order valence-electron chi connectivity index (χ0n) is 12.0. The fraction of sp³-hybridized carbons (Fsp3) is 0.294. The van der Waals surface area contributed by atoms with Crippen molar-refractivity contribution < 1.29 is 4.74 Å². The Morgan fingerprint density at radius 1 is 1.19 bits per heavy atom. The number of nitrogens with one attached hydrogen (secondary N) is 1. The third-order valence-corrected chi connectivity index (χ3v) is 3.90. The van der Waals surface area contributed by atoms with Crippen LogP contribution in [0.15, 0.2) is 53.0 Å². The van der Waals surface area contributed by atoms with Gasteiger partial charge in [0.05, 0.1) is 5.02 Å². The number of rotatable bonds is 7. The molecule has 4 heteroatoms. The molecule has 0 spiro atoms. The molecule has 21 heavy (non-hydrogen) atoms. The smallest absolute Gasteiger partial charge is 0.140 e. The third-order valence-electron chi connectivity index (χ3n) is 3.09. The summed E-state index contributed by atoms with van der Waals surface area (Å²) < 4.78 is 7.09. The predicted octanol–water partition coefficient (Wildman–Crippen LogP) is 5.22. The Bertz CT molecular complexity index is 562. The van der Waals surface area contributed by atoms with Crippen LogP contribution >= 0.6 is 27.5 Å². The van der Waals surface area contributed by atoms with Crippen molar-refractivity contribution in [3.05, 3.63) is 63.6 Å². The van der Waals surface area contributed by atoms with Crippen molar-refractivity contribution in [3.63, 3.8) is 0 Å². The van der Waals surface area contributed by atoms with Gasteiger partial charge in [-0.2, -0.15) is 0 Å². The summed E-state index contributed by atoms with van der Waals surface area (Å²) in [5, 5.41) is 4.03. The summed E-state index contributed by atoms with van der Waals surface area (Å²) in [6.45, 7) is 3.87. The van der Waals surface area contributed by atoms with Crippen molar-refractivity contribution in [2.45, 2.75) is 19.4 Å². The van der Waals surface area contributed by atoms with Crippen LogP contribution in [0.1, 0.15) is 25.0 Å². The molecule has 1 unspecified atom stereocenters. The lowest BCUT2D eigenvalue weighted by Gasteiger charge is -2.21. The molecule has 0 amide bonds. The number of ether oxygens (including phenoxy) is 1. The summed E-state index contributed by atoms with van der Waals surface area (Å²) in [4.78, 5) is 0. The van der Waals surface area contributed by atoms with E-state index in [4.69, 9.17) is 16.3 Å². The summed E-state index contributed by atoms with van der Waals surface area (Å²) in [6, 6.07) is 15.8. The minimum absolute atomic E-state index is 0.0652. The molecule has 2 nitrogen and oxygen atoms in total. The molecule has 0 bridgehead atoms. The monoisotopic (exact) mass is 367 g/mol. The van der Waals surface area contributed by atoms with Crippen molar-refractivity contribution >= 4 is 27.5 Å². The van der Waals surface area contributed by atoms with Gasteiger partial charge in [0.2, 0.25) is 0 Å². The first-order chi connectivity index (χ1) is 10.2. The lowest BCUT2D eigenvalue weighted by Crippen LogP contribution is -2.25. The van der Waals surface area contributed by atoms with Crippen molar-refractivity contribution in [2.24, 2.45) is 0 Å². The van der Waals surface area contributed by atoms with Gasteiger partial charge in [0.1, 0.15) is 11.9 Å². The molecule has 2 rings (SSSR count). The number of hydrogen-bond donors (Lipinski definition) is 1. The average molecular weight is 369 g/mol. The molecule has 1 atom stereocenters. The summed E-state index contributed by atoms with van der Waals surface area (Å²) in [6.07, 6.45) is 1.03. The highest BCUT2D eigenvalue weighted by Crippen LogP contribution is 2.31. The predicted molar refractivity (Wildman–Crippen MR) is 92.1 cm³/mol. The number of benzene rings is 2. The second-order valence-electron chi connectivity index (χ2n) is 4.80. The van der Waals surface area contributed by atoms with Crippen LogP contribution in [0.3, 0.4) is 0 Å². The molecule has 2 aromatic carbocycles. The zero-order chi connectivity index (χ0) is 15.1. The van der Waals surface area contributed by atoms with Crippen LogP contribution in [0, 0.1) is 0 Å². The first-order valence-electron chi connectivity index (χ1n) is 7.08. The van der Waals surface area contributed by atoms with Crippen molar-refractivity contribution in [3.8, 4) is 5.75 Å². The maximum atomic E-state index is 6.22. The molecule has 0 radical (unpaired) electrons. The van der Waals surface area contributed by atoms with Gasteiger partial charge in [-0.05, 0) is 36.7 Å². The largest absolute Gasteiger partial charge is 0.483 e. The first kappa shape index (κ1) is 16.3. The van der Waals surface area contributed by atoms with Gasteiger partial charge in [-0.3, -0.25) is 0 Å². The van der Waals surface area contributed by atoms with Gasteiger partial charge in [0, 0.05) is 11.0 Å². The Labute approximate surface area is 139 Å². The molecule has 0 fully saturated rings. The van der Waals surface area contributed by atoms with Gasteiger partial charge in [0.15, 0.2) is 0 Å². The molecular formula is C17H19BrClNO. The van der Waals surface area contributed by atoms with Crippen molar-refractivity contribution in [2.75, 3.05) is 13.1 Å². The van der Waals surface area contributed by atoms with Crippen LogP contribution in [0.5, 0.6) is 5.75 Å². The normalized spacial score (nSPS) is 12.1. The molecule has 1 N–H and O–H groups in total. The van der Waals surface area contributed by atoms with Gasteiger partial charge in [-0.25, -0.2) is 0 Å². The van der Waals surface area contributed by atoms with Crippen molar-refractivity contribution in [1.82, 2.24) is 5.32 Å².